The van der Waals surface area contributed by atoms with Gasteiger partial charge in [-0.05, 0) is 86.2 Å². The van der Waals surface area contributed by atoms with E-state index in [0.717, 1.165) is 60.8 Å². The summed E-state index contributed by atoms with van der Waals surface area (Å²) in [4.78, 5) is 10.5. The van der Waals surface area contributed by atoms with E-state index in [0.29, 0.717) is 0 Å². The normalized spacial score (nSPS) is 12.4. The molecule has 0 aliphatic rings. The van der Waals surface area contributed by atoms with Gasteiger partial charge in [0.2, 0.25) is 0 Å². The smallest absolute Gasteiger partial charge is 0.147 e. The topological polar surface area (TPSA) is 40.1 Å². The second-order valence-corrected chi connectivity index (χ2v) is 13.4. The van der Waals surface area contributed by atoms with Gasteiger partial charge < -0.3 is 9.13 Å². The molecular weight excluding hydrogens is 623 g/mol. The Morgan fingerprint density at radius 1 is 0.510 bits per heavy atom. The van der Waals surface area contributed by atoms with E-state index in [1.54, 1.807) is 0 Å². The Morgan fingerprint density at radius 3 is 2.10 bits per heavy atom. The number of fused-ring (bicyclic) bond motifs is 14. The molecule has 5 heterocycles. The van der Waals surface area contributed by atoms with Crippen LogP contribution in [0.3, 0.4) is 0 Å². The molecular formula is C46H31N5. The number of rotatable bonds is 3. The Morgan fingerprint density at radius 2 is 1.24 bits per heavy atom. The van der Waals surface area contributed by atoms with Crippen molar-refractivity contribution in [1.82, 2.24) is 23.5 Å². The zero-order chi connectivity index (χ0) is 33.8. The van der Waals surface area contributed by atoms with Gasteiger partial charge in [-0.25, -0.2) is 9.97 Å². The molecule has 5 nitrogen and oxygen atoms in total. The molecule has 0 N–H and O–H groups in total. The first-order valence-corrected chi connectivity index (χ1v) is 17.5. The van der Waals surface area contributed by atoms with Crippen molar-refractivity contribution in [3.63, 3.8) is 0 Å². The van der Waals surface area contributed by atoms with Crippen molar-refractivity contribution in [2.24, 2.45) is 0 Å². The van der Waals surface area contributed by atoms with Gasteiger partial charge in [0.15, 0.2) is 0 Å². The molecule has 11 aromatic rings. The Bertz CT molecular complexity index is 3270. The molecule has 0 spiro atoms. The largest absolute Gasteiger partial charge is 0.308 e. The maximum atomic E-state index is 5.34. The first-order valence-electron chi connectivity index (χ1n) is 17.5. The lowest BCUT2D eigenvalue weighted by molar-refractivity contribution is 1.09. The van der Waals surface area contributed by atoms with E-state index in [2.05, 4.69) is 179 Å². The van der Waals surface area contributed by atoms with Crippen LogP contribution >= 0.6 is 0 Å². The summed E-state index contributed by atoms with van der Waals surface area (Å²) in [7, 11) is 0. The molecule has 0 radical (unpaired) electrons. The molecule has 240 valence electrons. The highest BCUT2D eigenvalue weighted by Gasteiger charge is 2.23. The van der Waals surface area contributed by atoms with Crippen molar-refractivity contribution < 1.29 is 0 Å². The Balaban J connectivity index is 1.34. The summed E-state index contributed by atoms with van der Waals surface area (Å²) in [6, 6.07) is 50.0. The number of aryl methyl sites for hydroxylation is 1. The third-order valence-corrected chi connectivity index (χ3v) is 10.7. The van der Waals surface area contributed by atoms with E-state index < -0.39 is 0 Å². The summed E-state index contributed by atoms with van der Waals surface area (Å²) in [5.74, 6) is 0. The molecule has 0 saturated heterocycles. The van der Waals surface area contributed by atoms with Crippen LogP contribution in [0.15, 0.2) is 146 Å². The van der Waals surface area contributed by atoms with Crippen molar-refractivity contribution in [3.8, 4) is 11.4 Å². The molecule has 0 saturated carbocycles. The van der Waals surface area contributed by atoms with Crippen LogP contribution < -0.4 is 0 Å². The summed E-state index contributed by atoms with van der Waals surface area (Å²) in [5.41, 5.74) is 14.3. The molecule has 11 rings (SSSR count). The second-order valence-electron chi connectivity index (χ2n) is 13.4. The summed E-state index contributed by atoms with van der Waals surface area (Å²) in [6.45, 7) is 4.34. The molecule has 5 heteroatoms. The van der Waals surface area contributed by atoms with Crippen molar-refractivity contribution in [1.29, 1.82) is 0 Å². The van der Waals surface area contributed by atoms with Crippen molar-refractivity contribution in [3.05, 3.63) is 157 Å². The molecule has 0 aliphatic carbocycles. The number of allylic oxidation sites excluding steroid dienone is 1. The number of benzene rings is 6. The van der Waals surface area contributed by atoms with E-state index in [9.17, 15) is 0 Å². The van der Waals surface area contributed by atoms with Crippen LogP contribution in [0.4, 0.5) is 0 Å². The first kappa shape index (κ1) is 28.2. The number of hydrogen-bond donors (Lipinski definition) is 0. The van der Waals surface area contributed by atoms with Gasteiger partial charge in [0, 0.05) is 49.4 Å². The predicted molar refractivity (Wildman–Crippen MR) is 214 cm³/mol. The van der Waals surface area contributed by atoms with Crippen molar-refractivity contribution in [2.75, 3.05) is 0 Å². The van der Waals surface area contributed by atoms with Crippen LogP contribution in [-0.2, 0) is 0 Å². The quantitative estimate of drug-likeness (QED) is 0.141. The first-order chi connectivity index (χ1) is 25.2. The molecule has 6 aromatic carbocycles. The average Bonchev–Trinajstić information content (AvgIpc) is 3.83. The van der Waals surface area contributed by atoms with E-state index in [-0.39, 0.29) is 0 Å². The Labute approximate surface area is 292 Å². The van der Waals surface area contributed by atoms with Crippen LogP contribution in [0, 0.1) is 6.92 Å². The lowest BCUT2D eigenvalue weighted by Crippen LogP contribution is -2.01. The maximum absolute atomic E-state index is 5.34. The maximum Gasteiger partial charge on any atom is 0.147 e. The van der Waals surface area contributed by atoms with Gasteiger partial charge in [0.25, 0.3) is 0 Å². The van der Waals surface area contributed by atoms with Crippen LogP contribution in [-0.4, -0.2) is 23.5 Å². The van der Waals surface area contributed by atoms with Gasteiger partial charge >= 0.3 is 0 Å². The molecule has 0 fully saturated rings. The summed E-state index contributed by atoms with van der Waals surface area (Å²) < 4.78 is 7.21. The van der Waals surface area contributed by atoms with Crippen LogP contribution in [0.2, 0.25) is 0 Å². The SMILES string of the molecule is C/C=C\c1c(C)c2ccc3c4ccccc4n(-c4ccc5c(c4)c4nc6ccccc6cc4c4nc6ccccc6n54)c3c2n1-c1ccccc1. The number of imidazole rings is 1. The van der Waals surface area contributed by atoms with Gasteiger partial charge in [-0.3, -0.25) is 4.40 Å². The highest BCUT2D eigenvalue weighted by molar-refractivity contribution is 6.20. The van der Waals surface area contributed by atoms with E-state index >= 15 is 0 Å². The van der Waals surface area contributed by atoms with Crippen LogP contribution in [0.25, 0.3) is 99.5 Å². The Kier molecular flexibility index (Phi) is 5.74. The van der Waals surface area contributed by atoms with E-state index in [1.165, 1.54) is 44.0 Å². The summed E-state index contributed by atoms with van der Waals surface area (Å²) >= 11 is 0. The highest BCUT2D eigenvalue weighted by atomic mass is 15.1. The summed E-state index contributed by atoms with van der Waals surface area (Å²) in [5, 5.41) is 6.94. The summed E-state index contributed by atoms with van der Waals surface area (Å²) in [6.07, 6.45) is 4.37. The minimum absolute atomic E-state index is 0.927. The minimum atomic E-state index is 0.927. The van der Waals surface area contributed by atoms with Gasteiger partial charge in [-0.1, -0.05) is 84.9 Å². The molecule has 51 heavy (non-hydrogen) atoms. The fourth-order valence-electron chi connectivity index (χ4n) is 8.46. The molecule has 0 unspecified atom stereocenters. The number of para-hydroxylation sites is 5. The highest BCUT2D eigenvalue weighted by Crippen LogP contribution is 2.42. The number of hydrogen-bond acceptors (Lipinski definition) is 2. The second kappa shape index (κ2) is 10.4. The molecule has 0 atom stereocenters. The fraction of sp³-hybridized carbons (Fsp3) is 0.0435. The zero-order valence-electron chi connectivity index (χ0n) is 28.2. The Hall–Kier alpha value is -6.72. The third kappa shape index (κ3) is 3.80. The zero-order valence-corrected chi connectivity index (χ0v) is 28.2. The molecule has 0 bridgehead atoms. The number of pyridine rings is 2. The molecule has 0 aliphatic heterocycles. The van der Waals surface area contributed by atoms with E-state index in [1.807, 2.05) is 0 Å². The molecule has 0 amide bonds. The number of nitrogens with zero attached hydrogens (tertiary/aromatic N) is 5. The van der Waals surface area contributed by atoms with Crippen LogP contribution in [0.1, 0.15) is 18.2 Å². The van der Waals surface area contributed by atoms with Crippen molar-refractivity contribution in [2.45, 2.75) is 13.8 Å². The van der Waals surface area contributed by atoms with Crippen LogP contribution in [0.5, 0.6) is 0 Å². The monoisotopic (exact) mass is 653 g/mol. The fourth-order valence-corrected chi connectivity index (χ4v) is 8.46. The third-order valence-electron chi connectivity index (χ3n) is 10.7. The van der Waals surface area contributed by atoms with Gasteiger partial charge in [-0.15, -0.1) is 0 Å². The van der Waals surface area contributed by atoms with E-state index in [4.69, 9.17) is 9.97 Å². The van der Waals surface area contributed by atoms with Crippen molar-refractivity contribution >= 4 is 88.2 Å². The lowest BCUT2D eigenvalue weighted by atomic mass is 10.1. The van der Waals surface area contributed by atoms with Gasteiger partial charge in [-0.2, -0.15) is 0 Å². The number of aromatic nitrogens is 5. The van der Waals surface area contributed by atoms with Gasteiger partial charge in [0.1, 0.15) is 5.65 Å². The minimum Gasteiger partial charge on any atom is -0.308 e. The van der Waals surface area contributed by atoms with Gasteiger partial charge in [0.05, 0.1) is 44.1 Å². The predicted octanol–water partition coefficient (Wildman–Crippen LogP) is 11.7. The average molecular weight is 654 g/mol. The molecule has 5 aromatic heterocycles. The standard InChI is InChI=1S/C46H31N5/c1-3-13-39-28(2)32-23-24-34-33-17-8-11-20-40(33)50(45(34)44(32)49(39)30-15-5-4-6-16-30)31-22-25-41-35(27-31)43-36(26-29-14-7-9-18-37(29)47-43)46-48-38-19-10-12-21-42(38)51(41)46/h3-27H,1-2H3/b13-3-. The lowest BCUT2D eigenvalue weighted by Gasteiger charge is -2.15.